The van der Waals surface area contributed by atoms with Gasteiger partial charge in [-0.05, 0) is 74.3 Å². The van der Waals surface area contributed by atoms with E-state index in [9.17, 15) is 15.0 Å². The fraction of sp³-hybridized carbons (Fsp3) is 0.500. The quantitative estimate of drug-likeness (QED) is 0.633. The SMILES string of the molecule is CN(C(=O)/C=C/c1ccccc1)C1CCC2(O)C3Cc4ccc(O)c5c4C2(CCN3CC2CC2)C1O5. The summed E-state index contributed by atoms with van der Waals surface area (Å²) < 4.78 is 6.60. The lowest BCUT2D eigenvalue weighted by atomic mass is 9.48. The molecule has 2 heterocycles. The molecule has 2 N–H and O–H groups in total. The van der Waals surface area contributed by atoms with Gasteiger partial charge in [0.15, 0.2) is 11.5 Å². The number of rotatable bonds is 5. The highest BCUT2D eigenvalue weighted by atomic mass is 16.5. The molecule has 5 aliphatic rings. The third-order valence-corrected chi connectivity index (χ3v) is 9.79. The van der Waals surface area contributed by atoms with E-state index in [2.05, 4.69) is 4.90 Å². The molecular weight excluding hydrogens is 452 g/mol. The van der Waals surface area contributed by atoms with E-state index in [1.807, 2.05) is 49.5 Å². The van der Waals surface area contributed by atoms with Gasteiger partial charge in [-0.25, -0.2) is 0 Å². The van der Waals surface area contributed by atoms with Gasteiger partial charge in [0.2, 0.25) is 5.91 Å². The number of likely N-dealkylation sites (tertiary alicyclic amines) is 1. The smallest absolute Gasteiger partial charge is 0.246 e. The largest absolute Gasteiger partial charge is 0.504 e. The number of aromatic hydroxyl groups is 1. The third kappa shape index (κ3) is 3.00. The number of benzene rings is 2. The molecule has 1 spiro atoms. The van der Waals surface area contributed by atoms with Crippen LogP contribution < -0.4 is 4.74 Å². The molecule has 7 rings (SSSR count). The topological polar surface area (TPSA) is 73.2 Å². The molecule has 2 aliphatic heterocycles. The molecule has 188 valence electrons. The van der Waals surface area contributed by atoms with E-state index in [-0.39, 0.29) is 29.8 Å². The Labute approximate surface area is 212 Å². The number of hydrogen-bond donors (Lipinski definition) is 2. The Kier molecular flexibility index (Phi) is 4.87. The average molecular weight is 487 g/mol. The number of phenols is 1. The Morgan fingerprint density at radius 1 is 1.17 bits per heavy atom. The molecule has 2 aromatic carbocycles. The summed E-state index contributed by atoms with van der Waals surface area (Å²) in [5.41, 5.74) is 1.62. The van der Waals surface area contributed by atoms with Crippen LogP contribution >= 0.6 is 0 Å². The number of piperidine rings is 1. The Morgan fingerprint density at radius 2 is 1.97 bits per heavy atom. The van der Waals surface area contributed by atoms with Crippen molar-refractivity contribution in [2.45, 2.75) is 67.7 Å². The van der Waals surface area contributed by atoms with E-state index in [4.69, 9.17) is 4.74 Å². The number of hydrogen-bond acceptors (Lipinski definition) is 5. The van der Waals surface area contributed by atoms with Crippen LogP contribution in [0.4, 0.5) is 0 Å². The average Bonchev–Trinajstić information content (AvgIpc) is 3.63. The fourth-order valence-corrected chi connectivity index (χ4v) is 7.86. The molecule has 2 saturated carbocycles. The van der Waals surface area contributed by atoms with Crippen LogP contribution in [0.5, 0.6) is 11.5 Å². The number of amides is 1. The van der Waals surface area contributed by atoms with Gasteiger partial charge in [0.25, 0.3) is 0 Å². The summed E-state index contributed by atoms with van der Waals surface area (Å²) >= 11 is 0. The van der Waals surface area contributed by atoms with Gasteiger partial charge in [-0.1, -0.05) is 36.4 Å². The van der Waals surface area contributed by atoms with Crippen molar-refractivity contribution in [2.24, 2.45) is 5.92 Å². The fourth-order valence-electron chi connectivity index (χ4n) is 7.86. The van der Waals surface area contributed by atoms with Crippen LogP contribution in [0.25, 0.3) is 6.08 Å². The predicted octanol–water partition coefficient (Wildman–Crippen LogP) is 3.50. The van der Waals surface area contributed by atoms with E-state index in [1.165, 1.54) is 18.4 Å². The first kappa shape index (κ1) is 22.4. The number of ether oxygens (including phenoxy) is 1. The summed E-state index contributed by atoms with van der Waals surface area (Å²) in [6, 6.07) is 13.4. The summed E-state index contributed by atoms with van der Waals surface area (Å²) in [4.78, 5) is 17.6. The Bertz CT molecular complexity index is 1240. The number of likely N-dealkylation sites (N-methyl/N-ethyl adjacent to an activating group) is 1. The van der Waals surface area contributed by atoms with Gasteiger partial charge in [0.05, 0.1) is 17.1 Å². The maximum atomic E-state index is 13.3. The lowest BCUT2D eigenvalue weighted by Crippen LogP contribution is -2.78. The van der Waals surface area contributed by atoms with Crippen LogP contribution in [-0.2, 0) is 16.6 Å². The summed E-state index contributed by atoms with van der Waals surface area (Å²) in [5.74, 6) is 1.34. The predicted molar refractivity (Wildman–Crippen MR) is 137 cm³/mol. The summed E-state index contributed by atoms with van der Waals surface area (Å²) in [6.07, 6.45) is 8.51. The van der Waals surface area contributed by atoms with E-state index >= 15 is 0 Å². The highest BCUT2D eigenvalue weighted by Gasteiger charge is 2.73. The van der Waals surface area contributed by atoms with Crippen molar-refractivity contribution in [1.82, 2.24) is 9.80 Å². The number of phenolic OH excluding ortho intramolecular Hbond substituents is 1. The molecular formula is C30H34N2O4. The van der Waals surface area contributed by atoms with Crippen LogP contribution in [0.1, 0.15) is 48.8 Å². The molecule has 5 atom stereocenters. The minimum Gasteiger partial charge on any atom is -0.504 e. The van der Waals surface area contributed by atoms with Crippen LogP contribution in [0, 0.1) is 5.92 Å². The highest BCUT2D eigenvalue weighted by molar-refractivity contribution is 5.92. The molecule has 3 fully saturated rings. The molecule has 2 bridgehead atoms. The maximum Gasteiger partial charge on any atom is 0.246 e. The molecule has 1 amide bonds. The van der Waals surface area contributed by atoms with Crippen molar-refractivity contribution < 1.29 is 19.7 Å². The first-order valence-corrected chi connectivity index (χ1v) is 13.4. The second kappa shape index (κ2) is 7.83. The number of nitrogens with zero attached hydrogens (tertiary/aromatic N) is 2. The number of aliphatic hydroxyl groups is 1. The van der Waals surface area contributed by atoms with E-state index in [0.29, 0.717) is 18.6 Å². The lowest BCUT2D eigenvalue weighted by molar-refractivity contribution is -0.200. The standard InChI is InChI=1S/C30H34N2O4/c1-31(25(34)12-9-19-5-3-2-4-6-19)22-13-14-30(35)24-17-21-10-11-23(33)27-26(21)29(30,28(22)36-27)15-16-32(24)18-20-7-8-20/h2-6,9-12,20,22,24,28,33,35H,7-8,13-18H2,1H3/b12-9+. The van der Waals surface area contributed by atoms with Crippen molar-refractivity contribution in [1.29, 1.82) is 0 Å². The zero-order chi connectivity index (χ0) is 24.7. The van der Waals surface area contributed by atoms with Crippen LogP contribution in [-0.4, -0.2) is 69.8 Å². The van der Waals surface area contributed by atoms with Crippen LogP contribution in [0.15, 0.2) is 48.5 Å². The minimum atomic E-state index is -0.933. The second-order valence-corrected chi connectivity index (χ2v) is 11.6. The Morgan fingerprint density at radius 3 is 2.75 bits per heavy atom. The zero-order valence-corrected chi connectivity index (χ0v) is 20.8. The maximum absolute atomic E-state index is 13.3. The lowest BCUT2D eigenvalue weighted by Gasteiger charge is -2.64. The summed E-state index contributed by atoms with van der Waals surface area (Å²) in [7, 11) is 1.85. The van der Waals surface area contributed by atoms with Crippen molar-refractivity contribution in [2.75, 3.05) is 20.1 Å². The molecule has 6 heteroatoms. The van der Waals surface area contributed by atoms with Gasteiger partial charge in [-0.3, -0.25) is 9.69 Å². The minimum absolute atomic E-state index is 0.0425. The Balaban J connectivity index is 1.26. The zero-order valence-electron chi connectivity index (χ0n) is 20.8. The van der Waals surface area contributed by atoms with Crippen LogP contribution in [0.2, 0.25) is 0 Å². The van der Waals surface area contributed by atoms with Crippen molar-refractivity contribution in [3.63, 3.8) is 0 Å². The van der Waals surface area contributed by atoms with E-state index in [0.717, 1.165) is 43.0 Å². The first-order valence-electron chi connectivity index (χ1n) is 13.4. The van der Waals surface area contributed by atoms with E-state index < -0.39 is 11.0 Å². The highest BCUT2D eigenvalue weighted by Crippen LogP contribution is 2.66. The van der Waals surface area contributed by atoms with Gasteiger partial charge >= 0.3 is 0 Å². The molecule has 6 nitrogen and oxygen atoms in total. The van der Waals surface area contributed by atoms with Gasteiger partial charge in [-0.2, -0.15) is 0 Å². The van der Waals surface area contributed by atoms with Gasteiger partial charge < -0.3 is 19.8 Å². The van der Waals surface area contributed by atoms with Crippen molar-refractivity contribution in [3.05, 3.63) is 65.2 Å². The second-order valence-electron chi connectivity index (χ2n) is 11.6. The normalized spacial score (nSPS) is 34.3. The van der Waals surface area contributed by atoms with Gasteiger partial charge in [-0.15, -0.1) is 0 Å². The van der Waals surface area contributed by atoms with Crippen LogP contribution in [0.3, 0.4) is 0 Å². The Hall–Kier alpha value is -2.83. The van der Waals surface area contributed by atoms with Crippen molar-refractivity contribution in [3.8, 4) is 11.5 Å². The summed E-state index contributed by atoms with van der Waals surface area (Å²) in [6.45, 7) is 1.97. The first-order chi connectivity index (χ1) is 17.4. The number of carbonyl (C=O) groups is 1. The molecule has 1 saturated heterocycles. The van der Waals surface area contributed by atoms with E-state index in [1.54, 1.807) is 17.0 Å². The van der Waals surface area contributed by atoms with Gasteiger partial charge in [0, 0.05) is 31.3 Å². The molecule has 36 heavy (non-hydrogen) atoms. The van der Waals surface area contributed by atoms with Gasteiger partial charge in [0.1, 0.15) is 6.10 Å². The van der Waals surface area contributed by atoms with Crippen molar-refractivity contribution >= 4 is 12.0 Å². The summed E-state index contributed by atoms with van der Waals surface area (Å²) in [5, 5.41) is 23.4. The molecule has 0 aromatic heterocycles. The molecule has 5 unspecified atom stereocenters. The molecule has 2 aromatic rings. The number of carbonyl (C=O) groups excluding carboxylic acids is 1. The molecule has 3 aliphatic carbocycles. The third-order valence-electron chi connectivity index (χ3n) is 9.79. The monoisotopic (exact) mass is 486 g/mol. The molecule has 0 radical (unpaired) electrons.